The standard InChI is InChI=1S/C15H17Cl2NS/c1-18-13(6-7-14-3-2-8-19-14)9-11-4-5-12(16)10-15(11)17/h2-5,8,10,13,18H,6-7,9H2,1H3. The Kier molecular flexibility index (Phi) is 5.71. The smallest absolute Gasteiger partial charge is 0.0453 e. The molecule has 2 aromatic rings. The van der Waals surface area contributed by atoms with Crippen LogP contribution in [0.1, 0.15) is 16.9 Å². The lowest BCUT2D eigenvalue weighted by Crippen LogP contribution is -2.28. The van der Waals surface area contributed by atoms with Crippen molar-refractivity contribution in [3.8, 4) is 0 Å². The second kappa shape index (κ2) is 7.30. The lowest BCUT2D eigenvalue weighted by molar-refractivity contribution is 0.522. The Labute approximate surface area is 128 Å². The minimum Gasteiger partial charge on any atom is -0.317 e. The Hall–Kier alpha value is -0.540. The van der Waals surface area contributed by atoms with Crippen LogP contribution in [0.5, 0.6) is 0 Å². The number of likely N-dealkylation sites (N-methyl/N-ethyl adjacent to an activating group) is 1. The Balaban J connectivity index is 1.94. The summed E-state index contributed by atoms with van der Waals surface area (Å²) in [5, 5.41) is 6.93. The maximum absolute atomic E-state index is 6.22. The van der Waals surface area contributed by atoms with E-state index in [1.807, 2.05) is 36.6 Å². The van der Waals surface area contributed by atoms with Crippen molar-refractivity contribution in [3.05, 3.63) is 56.2 Å². The van der Waals surface area contributed by atoms with Gasteiger partial charge in [-0.15, -0.1) is 11.3 Å². The molecule has 0 radical (unpaired) electrons. The van der Waals surface area contributed by atoms with E-state index in [1.165, 1.54) is 4.88 Å². The van der Waals surface area contributed by atoms with Gasteiger partial charge >= 0.3 is 0 Å². The molecule has 1 unspecified atom stereocenters. The number of hydrogen-bond acceptors (Lipinski definition) is 2. The average molecular weight is 314 g/mol. The number of rotatable bonds is 6. The first-order valence-corrected chi connectivity index (χ1v) is 7.96. The highest BCUT2D eigenvalue weighted by atomic mass is 35.5. The minimum absolute atomic E-state index is 0.431. The molecule has 0 aliphatic heterocycles. The molecule has 0 aliphatic carbocycles. The van der Waals surface area contributed by atoms with Crippen molar-refractivity contribution >= 4 is 34.5 Å². The van der Waals surface area contributed by atoms with E-state index in [2.05, 4.69) is 22.8 Å². The molecule has 0 fully saturated rings. The Morgan fingerprint density at radius 1 is 1.26 bits per heavy atom. The summed E-state index contributed by atoms with van der Waals surface area (Å²) in [7, 11) is 2.00. The van der Waals surface area contributed by atoms with Crippen molar-refractivity contribution in [2.45, 2.75) is 25.3 Å². The molecule has 102 valence electrons. The SMILES string of the molecule is CNC(CCc1cccs1)Cc1ccc(Cl)cc1Cl. The predicted molar refractivity (Wildman–Crippen MR) is 85.7 cm³/mol. The second-order valence-electron chi connectivity index (χ2n) is 4.54. The van der Waals surface area contributed by atoms with Crippen LogP contribution < -0.4 is 5.32 Å². The fourth-order valence-corrected chi connectivity index (χ4v) is 3.28. The first-order chi connectivity index (χ1) is 9.19. The van der Waals surface area contributed by atoms with Crippen LogP contribution in [0, 0.1) is 0 Å². The number of aryl methyl sites for hydroxylation is 1. The van der Waals surface area contributed by atoms with Crippen LogP contribution in [0.2, 0.25) is 10.0 Å². The Morgan fingerprint density at radius 3 is 2.74 bits per heavy atom. The van der Waals surface area contributed by atoms with Crippen LogP contribution >= 0.6 is 34.5 Å². The third-order valence-corrected chi connectivity index (χ3v) is 4.73. The molecule has 0 saturated carbocycles. The van der Waals surface area contributed by atoms with E-state index in [1.54, 1.807) is 0 Å². The van der Waals surface area contributed by atoms with E-state index in [-0.39, 0.29) is 0 Å². The summed E-state index contributed by atoms with van der Waals surface area (Å²) >= 11 is 14.0. The molecule has 1 heterocycles. The van der Waals surface area contributed by atoms with Crippen molar-refractivity contribution in [1.82, 2.24) is 5.32 Å². The van der Waals surface area contributed by atoms with Gasteiger partial charge in [-0.1, -0.05) is 35.3 Å². The quantitative estimate of drug-likeness (QED) is 0.806. The van der Waals surface area contributed by atoms with E-state index in [4.69, 9.17) is 23.2 Å². The zero-order valence-electron chi connectivity index (χ0n) is 10.8. The van der Waals surface area contributed by atoms with Gasteiger partial charge < -0.3 is 5.32 Å². The minimum atomic E-state index is 0.431. The van der Waals surface area contributed by atoms with E-state index in [0.717, 1.165) is 29.8 Å². The zero-order valence-corrected chi connectivity index (χ0v) is 13.2. The monoisotopic (exact) mass is 313 g/mol. The van der Waals surface area contributed by atoms with Gasteiger partial charge in [0.15, 0.2) is 0 Å². The highest BCUT2D eigenvalue weighted by molar-refractivity contribution is 7.09. The topological polar surface area (TPSA) is 12.0 Å². The molecule has 1 N–H and O–H groups in total. The van der Waals surface area contributed by atoms with Gasteiger partial charge in [0.25, 0.3) is 0 Å². The van der Waals surface area contributed by atoms with Crippen molar-refractivity contribution in [3.63, 3.8) is 0 Å². The summed E-state index contributed by atoms with van der Waals surface area (Å²) in [5.41, 5.74) is 1.15. The molecular weight excluding hydrogens is 297 g/mol. The van der Waals surface area contributed by atoms with Crippen molar-refractivity contribution in [2.24, 2.45) is 0 Å². The van der Waals surface area contributed by atoms with Gasteiger partial charge in [0.1, 0.15) is 0 Å². The van der Waals surface area contributed by atoms with Crippen LogP contribution in [0.3, 0.4) is 0 Å². The first-order valence-electron chi connectivity index (χ1n) is 6.32. The number of nitrogens with one attached hydrogen (secondary N) is 1. The maximum atomic E-state index is 6.22. The zero-order chi connectivity index (χ0) is 13.7. The van der Waals surface area contributed by atoms with Crippen LogP contribution in [0.25, 0.3) is 0 Å². The average Bonchev–Trinajstić information content (AvgIpc) is 2.90. The molecule has 1 atom stereocenters. The third-order valence-electron chi connectivity index (χ3n) is 3.21. The summed E-state index contributed by atoms with van der Waals surface area (Å²) in [6.07, 6.45) is 3.14. The lowest BCUT2D eigenvalue weighted by atomic mass is 10.0. The van der Waals surface area contributed by atoms with Crippen LogP contribution in [-0.2, 0) is 12.8 Å². The van der Waals surface area contributed by atoms with Gasteiger partial charge in [-0.05, 0) is 55.5 Å². The van der Waals surface area contributed by atoms with Gasteiger partial charge in [0, 0.05) is 21.0 Å². The molecule has 2 rings (SSSR count). The first kappa shape index (κ1) is 14.9. The molecular formula is C15H17Cl2NS. The maximum Gasteiger partial charge on any atom is 0.0453 e. The van der Waals surface area contributed by atoms with E-state index in [0.29, 0.717) is 11.1 Å². The molecule has 1 nitrogen and oxygen atoms in total. The lowest BCUT2D eigenvalue weighted by Gasteiger charge is -2.16. The highest BCUT2D eigenvalue weighted by Gasteiger charge is 2.10. The number of hydrogen-bond donors (Lipinski definition) is 1. The van der Waals surface area contributed by atoms with Gasteiger partial charge in [-0.2, -0.15) is 0 Å². The summed E-state index contributed by atoms with van der Waals surface area (Å²) < 4.78 is 0. The molecule has 0 saturated heterocycles. The van der Waals surface area contributed by atoms with Gasteiger partial charge in [0.05, 0.1) is 0 Å². The number of benzene rings is 1. The fraction of sp³-hybridized carbons (Fsp3) is 0.333. The van der Waals surface area contributed by atoms with Gasteiger partial charge in [0.2, 0.25) is 0 Å². The third kappa shape index (κ3) is 4.50. The van der Waals surface area contributed by atoms with Gasteiger partial charge in [-0.25, -0.2) is 0 Å². The van der Waals surface area contributed by atoms with Crippen molar-refractivity contribution in [1.29, 1.82) is 0 Å². The van der Waals surface area contributed by atoms with Crippen molar-refractivity contribution in [2.75, 3.05) is 7.05 Å². The number of halogens is 2. The molecule has 0 aliphatic rings. The molecule has 19 heavy (non-hydrogen) atoms. The Morgan fingerprint density at radius 2 is 2.11 bits per heavy atom. The summed E-state index contributed by atoms with van der Waals surface area (Å²) in [6.45, 7) is 0. The van der Waals surface area contributed by atoms with Crippen LogP contribution in [0.4, 0.5) is 0 Å². The molecule has 1 aromatic carbocycles. The van der Waals surface area contributed by atoms with E-state index in [9.17, 15) is 0 Å². The van der Waals surface area contributed by atoms with Gasteiger partial charge in [-0.3, -0.25) is 0 Å². The van der Waals surface area contributed by atoms with Crippen LogP contribution in [0.15, 0.2) is 35.7 Å². The summed E-state index contributed by atoms with van der Waals surface area (Å²) in [4.78, 5) is 1.43. The normalized spacial score (nSPS) is 12.6. The van der Waals surface area contributed by atoms with Crippen LogP contribution in [-0.4, -0.2) is 13.1 Å². The summed E-state index contributed by atoms with van der Waals surface area (Å²) in [6, 6.07) is 10.4. The molecule has 4 heteroatoms. The number of thiophene rings is 1. The second-order valence-corrected chi connectivity index (χ2v) is 6.42. The molecule has 0 bridgehead atoms. The Bertz CT molecular complexity index is 511. The summed E-state index contributed by atoms with van der Waals surface area (Å²) in [5.74, 6) is 0. The molecule has 0 spiro atoms. The largest absolute Gasteiger partial charge is 0.317 e. The molecule has 0 amide bonds. The molecule has 1 aromatic heterocycles. The van der Waals surface area contributed by atoms with E-state index < -0.39 is 0 Å². The predicted octanol–water partition coefficient (Wildman–Crippen LogP) is 4.82. The van der Waals surface area contributed by atoms with Crippen molar-refractivity contribution < 1.29 is 0 Å². The van der Waals surface area contributed by atoms with E-state index >= 15 is 0 Å². The fourth-order valence-electron chi connectivity index (χ4n) is 2.07. The highest BCUT2D eigenvalue weighted by Crippen LogP contribution is 2.23.